The molecule has 1 saturated heterocycles. The molecular weight excluding hydrogens is 388 g/mol. The number of hydrogen-bond donors (Lipinski definition) is 0. The van der Waals surface area contributed by atoms with Gasteiger partial charge in [0.2, 0.25) is 6.73 Å². The quantitative estimate of drug-likeness (QED) is 0.674. The summed E-state index contributed by atoms with van der Waals surface area (Å²) in [5, 5.41) is 1.38. The van der Waals surface area contributed by atoms with Crippen molar-refractivity contribution in [3.63, 3.8) is 0 Å². The minimum Gasteiger partial charge on any atom is -0.449 e. The molecule has 31 heavy (non-hydrogen) atoms. The van der Waals surface area contributed by atoms with Crippen molar-refractivity contribution in [2.45, 2.75) is 70.1 Å². The first-order chi connectivity index (χ1) is 14.7. The first-order valence-electron chi connectivity index (χ1n) is 11.6. The highest BCUT2D eigenvalue weighted by Crippen LogP contribution is 2.51. The Morgan fingerprint density at radius 1 is 1.26 bits per heavy atom. The van der Waals surface area contributed by atoms with E-state index < -0.39 is 0 Å². The minimum atomic E-state index is -0.313. The summed E-state index contributed by atoms with van der Waals surface area (Å²) in [6, 6.07) is 7.00. The van der Waals surface area contributed by atoms with Gasteiger partial charge in [0.25, 0.3) is 0 Å². The number of likely N-dealkylation sites (tertiary alicyclic amines) is 1. The Balaban J connectivity index is 1.59. The molecule has 0 N–H and O–H groups in total. The molecule has 1 aromatic carbocycles. The second kappa shape index (κ2) is 6.94. The highest BCUT2D eigenvalue weighted by Gasteiger charge is 2.57. The first kappa shape index (κ1) is 20.8. The van der Waals surface area contributed by atoms with Crippen LogP contribution in [0.1, 0.15) is 57.6 Å². The van der Waals surface area contributed by atoms with Gasteiger partial charge in [0.15, 0.2) is 5.78 Å². The summed E-state index contributed by atoms with van der Waals surface area (Å²) < 4.78 is 15.9. The molecule has 5 heteroatoms. The van der Waals surface area contributed by atoms with E-state index in [1.807, 2.05) is 7.11 Å². The van der Waals surface area contributed by atoms with Crippen LogP contribution in [0.2, 0.25) is 0 Å². The third-order valence-electron chi connectivity index (χ3n) is 7.86. The lowest BCUT2D eigenvalue weighted by Crippen LogP contribution is -2.67. The predicted octanol–water partition coefficient (Wildman–Crippen LogP) is 4.62. The average Bonchev–Trinajstić information content (AvgIpc) is 3.32. The number of rotatable bonds is 4. The van der Waals surface area contributed by atoms with Crippen molar-refractivity contribution in [3.8, 4) is 0 Å². The van der Waals surface area contributed by atoms with E-state index in [0.29, 0.717) is 13.2 Å². The van der Waals surface area contributed by atoms with Crippen molar-refractivity contribution in [2.24, 2.45) is 0 Å². The molecule has 1 aromatic heterocycles. The topological polar surface area (TPSA) is 40.5 Å². The number of fused-ring (bicyclic) bond motifs is 2. The van der Waals surface area contributed by atoms with Crippen LogP contribution in [0.25, 0.3) is 10.9 Å². The Kier molecular flexibility index (Phi) is 4.65. The predicted molar refractivity (Wildman–Crippen MR) is 122 cm³/mol. The fourth-order valence-corrected chi connectivity index (χ4v) is 6.28. The maximum absolute atomic E-state index is 11.7. The Labute approximate surface area is 185 Å². The maximum atomic E-state index is 11.7. The van der Waals surface area contributed by atoms with E-state index in [4.69, 9.17) is 9.47 Å². The second-order valence-electron chi connectivity index (χ2n) is 10.9. The molecule has 2 heterocycles. The fourth-order valence-electron chi connectivity index (χ4n) is 6.28. The van der Waals surface area contributed by atoms with Crippen molar-refractivity contribution in [3.05, 3.63) is 47.4 Å². The molecule has 1 fully saturated rings. The summed E-state index contributed by atoms with van der Waals surface area (Å²) in [7, 11) is 4.19. The zero-order valence-corrected chi connectivity index (χ0v) is 19.5. The smallest absolute Gasteiger partial charge is 0.223 e. The Bertz CT molecular complexity index is 1080. The molecule has 3 aliphatic rings. The summed E-state index contributed by atoms with van der Waals surface area (Å²) in [4.78, 5) is 11.7. The number of benzene rings is 1. The zero-order valence-electron chi connectivity index (χ0n) is 19.5. The number of ketones is 1. The molecular formula is C26H35N2O3+. The Morgan fingerprint density at radius 2 is 2.06 bits per heavy atom. The van der Waals surface area contributed by atoms with E-state index in [9.17, 15) is 4.79 Å². The van der Waals surface area contributed by atoms with Crippen LogP contribution in [0.3, 0.4) is 0 Å². The van der Waals surface area contributed by atoms with Gasteiger partial charge in [-0.25, -0.2) is 0 Å². The summed E-state index contributed by atoms with van der Waals surface area (Å²) >= 11 is 0. The zero-order chi connectivity index (χ0) is 22.0. The summed E-state index contributed by atoms with van der Waals surface area (Å²) in [6.07, 6.45) is 8.46. The number of methoxy groups -OCH3 is 1. The molecule has 0 bridgehead atoms. The van der Waals surface area contributed by atoms with Gasteiger partial charge in [0, 0.05) is 55.1 Å². The number of ether oxygens (including phenoxy) is 2. The molecule has 0 amide bonds. The van der Waals surface area contributed by atoms with Gasteiger partial charge in [-0.2, -0.15) is 0 Å². The first-order valence-corrected chi connectivity index (χ1v) is 11.6. The summed E-state index contributed by atoms with van der Waals surface area (Å²) in [5.41, 5.74) is 3.77. The van der Waals surface area contributed by atoms with Gasteiger partial charge in [-0.15, -0.1) is 0 Å². The van der Waals surface area contributed by atoms with Gasteiger partial charge in [-0.05, 0) is 50.8 Å². The largest absolute Gasteiger partial charge is 0.449 e. The van der Waals surface area contributed by atoms with Crippen molar-refractivity contribution in [2.75, 3.05) is 27.4 Å². The molecule has 1 unspecified atom stereocenters. The van der Waals surface area contributed by atoms with Crippen LogP contribution in [-0.4, -0.2) is 48.3 Å². The van der Waals surface area contributed by atoms with Crippen molar-refractivity contribution in [1.29, 1.82) is 0 Å². The molecule has 5 nitrogen and oxygen atoms in total. The van der Waals surface area contributed by atoms with Crippen molar-refractivity contribution >= 4 is 16.7 Å². The highest BCUT2D eigenvalue weighted by atomic mass is 16.5. The molecule has 5 rings (SSSR count). The number of nitrogens with zero attached hydrogens (tertiary/aromatic N) is 2. The number of hydrogen-bond acceptors (Lipinski definition) is 3. The third kappa shape index (κ3) is 3.08. The number of carbonyl (C=O) groups excluding carboxylic acids is 1. The van der Waals surface area contributed by atoms with E-state index in [1.165, 1.54) is 22.0 Å². The van der Waals surface area contributed by atoms with Crippen LogP contribution in [0, 0.1) is 0 Å². The lowest BCUT2D eigenvalue weighted by atomic mass is 9.70. The molecule has 2 aliphatic carbocycles. The van der Waals surface area contributed by atoms with Crippen molar-refractivity contribution < 1.29 is 18.8 Å². The van der Waals surface area contributed by atoms with Gasteiger partial charge in [0.05, 0.1) is 13.6 Å². The number of likely N-dealkylation sites (N-methyl/N-ethyl adjacent to an activating group) is 1. The van der Waals surface area contributed by atoms with Crippen LogP contribution in [-0.2, 0) is 31.8 Å². The fraction of sp³-hybridized carbons (Fsp3) is 0.577. The van der Waals surface area contributed by atoms with Gasteiger partial charge >= 0.3 is 0 Å². The number of carbonyl (C=O) groups is 1. The number of aromatic nitrogens is 1. The van der Waals surface area contributed by atoms with Crippen LogP contribution in [0.15, 0.2) is 36.2 Å². The molecule has 0 saturated carbocycles. The molecule has 1 aliphatic heterocycles. The van der Waals surface area contributed by atoms with Gasteiger partial charge < -0.3 is 14.0 Å². The van der Waals surface area contributed by atoms with E-state index in [2.05, 4.69) is 56.8 Å². The SMILES string of the molecule is COC12CCC[N@@+](C)(COC3=CC(=O)CC3)[C@@H]1Cc1cn(C(C)(C)C)c3cccc2c13. The van der Waals surface area contributed by atoms with Crippen LogP contribution >= 0.6 is 0 Å². The van der Waals surface area contributed by atoms with Crippen LogP contribution < -0.4 is 0 Å². The van der Waals surface area contributed by atoms with E-state index >= 15 is 0 Å². The lowest BCUT2D eigenvalue weighted by molar-refractivity contribution is -0.963. The Morgan fingerprint density at radius 3 is 2.74 bits per heavy atom. The molecule has 3 atom stereocenters. The summed E-state index contributed by atoms with van der Waals surface area (Å²) in [6.45, 7) is 8.45. The number of quaternary nitrogens is 1. The van der Waals surface area contributed by atoms with E-state index in [-0.39, 0.29) is 23.0 Å². The van der Waals surface area contributed by atoms with E-state index in [1.54, 1.807) is 6.08 Å². The molecule has 0 radical (unpaired) electrons. The normalized spacial score (nSPS) is 30.4. The standard InChI is InChI=1S/C26H35N2O3/c1-25(2,3)27-16-18-14-23-26(30-5,21-8-6-9-22(27)24(18)21)12-7-13-28(23,4)17-31-20-11-10-19(29)15-20/h6,8-9,15-16,23H,7,10-14,17H2,1-5H3/q+1/t23-,26?,28+/m1/s1. The number of allylic oxidation sites excluding steroid dienone is 2. The van der Waals surface area contributed by atoms with Crippen LogP contribution in [0.4, 0.5) is 0 Å². The maximum Gasteiger partial charge on any atom is 0.223 e. The second-order valence-corrected chi connectivity index (χ2v) is 10.9. The highest BCUT2D eigenvalue weighted by molar-refractivity contribution is 5.92. The minimum absolute atomic E-state index is 0.0215. The van der Waals surface area contributed by atoms with Crippen LogP contribution in [0.5, 0.6) is 0 Å². The molecule has 166 valence electrons. The van der Waals surface area contributed by atoms with Gasteiger partial charge in [-0.1, -0.05) is 12.1 Å². The molecule has 0 spiro atoms. The monoisotopic (exact) mass is 423 g/mol. The van der Waals surface area contributed by atoms with Gasteiger partial charge in [-0.3, -0.25) is 9.28 Å². The van der Waals surface area contributed by atoms with E-state index in [0.717, 1.165) is 42.5 Å². The molecule has 2 aromatic rings. The summed E-state index contributed by atoms with van der Waals surface area (Å²) in [5.74, 6) is 1.02. The average molecular weight is 424 g/mol. The third-order valence-corrected chi connectivity index (χ3v) is 7.86. The van der Waals surface area contributed by atoms with Gasteiger partial charge in [0.1, 0.15) is 17.4 Å². The van der Waals surface area contributed by atoms with Crippen molar-refractivity contribution in [1.82, 2.24) is 4.57 Å². The Hall–Kier alpha value is -2.11. The lowest BCUT2D eigenvalue weighted by Gasteiger charge is -2.55. The number of piperidine rings is 1.